The molecule has 2 heterocycles. The van der Waals surface area contributed by atoms with E-state index in [1.165, 1.54) is 29.6 Å². The number of nitrogens with zero attached hydrogens (tertiary/aromatic N) is 2. The van der Waals surface area contributed by atoms with E-state index in [0.29, 0.717) is 6.04 Å². The number of likely N-dealkylation sites (tertiary alicyclic amines) is 1. The molecule has 2 aromatic carbocycles. The highest BCUT2D eigenvalue weighted by atomic mass is 19.1. The van der Waals surface area contributed by atoms with Gasteiger partial charge in [-0.25, -0.2) is 4.39 Å². The van der Waals surface area contributed by atoms with E-state index in [4.69, 9.17) is 0 Å². The molecule has 1 aromatic heterocycles. The van der Waals surface area contributed by atoms with Gasteiger partial charge in [0.2, 0.25) is 5.91 Å². The van der Waals surface area contributed by atoms with Crippen molar-refractivity contribution in [2.75, 3.05) is 25.0 Å². The van der Waals surface area contributed by atoms with Gasteiger partial charge in [-0.2, -0.15) is 0 Å². The maximum absolute atomic E-state index is 13.4. The SMILES string of the molecule is CC(=O)Nc1ccc2cc(C)n(C3CCN(CCc4cccc(F)c4)CC3)c2c1. The number of carbonyl (C=O) groups excluding carboxylic acids is 1. The smallest absolute Gasteiger partial charge is 0.221 e. The molecule has 5 heteroatoms. The minimum Gasteiger partial charge on any atom is -0.342 e. The molecule has 0 unspecified atom stereocenters. The van der Waals surface area contributed by atoms with Gasteiger partial charge in [0.15, 0.2) is 0 Å². The summed E-state index contributed by atoms with van der Waals surface area (Å²) in [6, 6.07) is 15.7. The Bertz CT molecular complexity index is 1020. The van der Waals surface area contributed by atoms with E-state index in [2.05, 4.69) is 39.9 Å². The number of hydrogen-bond donors (Lipinski definition) is 1. The lowest BCUT2D eigenvalue weighted by atomic mass is 10.0. The fraction of sp³-hybridized carbons (Fsp3) is 0.375. The molecule has 0 bridgehead atoms. The summed E-state index contributed by atoms with van der Waals surface area (Å²) in [5.74, 6) is -0.208. The van der Waals surface area contributed by atoms with Gasteiger partial charge in [-0.3, -0.25) is 4.79 Å². The Morgan fingerprint density at radius 1 is 1.14 bits per heavy atom. The Morgan fingerprint density at radius 3 is 2.66 bits per heavy atom. The van der Waals surface area contributed by atoms with E-state index in [1.54, 1.807) is 12.1 Å². The third-order valence-electron chi connectivity index (χ3n) is 5.88. The molecule has 0 aliphatic carbocycles. The van der Waals surface area contributed by atoms with E-state index < -0.39 is 0 Å². The number of anilines is 1. The highest BCUT2D eigenvalue weighted by Crippen LogP contribution is 2.31. The topological polar surface area (TPSA) is 37.3 Å². The first-order chi connectivity index (χ1) is 14.0. The van der Waals surface area contributed by atoms with Crippen LogP contribution in [0.15, 0.2) is 48.5 Å². The normalized spacial score (nSPS) is 15.7. The Hall–Kier alpha value is -2.66. The standard InChI is InChI=1S/C24H28FN3O/c1-17-14-20-6-7-22(26-18(2)29)16-24(20)28(17)23-9-12-27(13-10-23)11-8-19-4-3-5-21(25)15-19/h3-7,14-16,23H,8-13H2,1-2H3,(H,26,29). The molecule has 1 N–H and O–H groups in total. The summed E-state index contributed by atoms with van der Waals surface area (Å²) in [7, 11) is 0. The maximum Gasteiger partial charge on any atom is 0.221 e. The number of rotatable bonds is 5. The van der Waals surface area contributed by atoms with E-state index in [1.807, 2.05) is 12.1 Å². The van der Waals surface area contributed by atoms with Crippen molar-refractivity contribution in [2.45, 2.75) is 39.2 Å². The highest BCUT2D eigenvalue weighted by molar-refractivity contribution is 5.92. The lowest BCUT2D eigenvalue weighted by Crippen LogP contribution is -2.36. The zero-order valence-electron chi connectivity index (χ0n) is 17.1. The molecule has 1 amide bonds. The first-order valence-electron chi connectivity index (χ1n) is 10.4. The summed E-state index contributed by atoms with van der Waals surface area (Å²) in [5, 5.41) is 4.11. The zero-order valence-corrected chi connectivity index (χ0v) is 17.1. The minimum absolute atomic E-state index is 0.0502. The molecule has 4 nitrogen and oxygen atoms in total. The Balaban J connectivity index is 1.43. The number of piperidine rings is 1. The summed E-state index contributed by atoms with van der Waals surface area (Å²) >= 11 is 0. The number of carbonyl (C=O) groups is 1. The first kappa shape index (κ1) is 19.6. The van der Waals surface area contributed by atoms with Crippen LogP contribution < -0.4 is 5.32 Å². The number of halogens is 1. The van der Waals surface area contributed by atoms with Gasteiger partial charge in [-0.1, -0.05) is 18.2 Å². The van der Waals surface area contributed by atoms with E-state index >= 15 is 0 Å². The first-order valence-corrected chi connectivity index (χ1v) is 10.4. The molecular formula is C24H28FN3O. The Morgan fingerprint density at radius 2 is 1.93 bits per heavy atom. The van der Waals surface area contributed by atoms with Gasteiger partial charge in [0, 0.05) is 49.4 Å². The number of aromatic nitrogens is 1. The zero-order chi connectivity index (χ0) is 20.4. The number of hydrogen-bond acceptors (Lipinski definition) is 2. The third kappa shape index (κ3) is 4.51. The van der Waals surface area contributed by atoms with Crippen LogP contribution in [0.4, 0.5) is 10.1 Å². The van der Waals surface area contributed by atoms with Crippen LogP contribution in [0.1, 0.15) is 37.1 Å². The molecule has 4 rings (SSSR count). The second-order valence-electron chi connectivity index (χ2n) is 8.06. The molecule has 0 radical (unpaired) electrons. The van der Waals surface area contributed by atoms with Crippen molar-refractivity contribution < 1.29 is 9.18 Å². The highest BCUT2D eigenvalue weighted by Gasteiger charge is 2.23. The predicted octanol–water partition coefficient (Wildman–Crippen LogP) is 4.93. The lowest BCUT2D eigenvalue weighted by Gasteiger charge is -2.34. The summed E-state index contributed by atoms with van der Waals surface area (Å²) in [4.78, 5) is 13.9. The van der Waals surface area contributed by atoms with Crippen LogP contribution in [0.2, 0.25) is 0 Å². The fourth-order valence-corrected chi connectivity index (χ4v) is 4.51. The molecule has 152 valence electrons. The Kier molecular flexibility index (Phi) is 5.67. The lowest BCUT2D eigenvalue weighted by molar-refractivity contribution is -0.114. The van der Waals surface area contributed by atoms with Crippen molar-refractivity contribution in [3.05, 3.63) is 65.6 Å². The molecule has 29 heavy (non-hydrogen) atoms. The molecule has 3 aromatic rings. The van der Waals surface area contributed by atoms with Crippen molar-refractivity contribution in [2.24, 2.45) is 0 Å². The van der Waals surface area contributed by atoms with Gasteiger partial charge >= 0.3 is 0 Å². The van der Waals surface area contributed by atoms with Gasteiger partial charge in [-0.05, 0) is 62.1 Å². The molecule has 1 fully saturated rings. The van der Waals surface area contributed by atoms with Gasteiger partial charge in [-0.15, -0.1) is 0 Å². The number of fused-ring (bicyclic) bond motifs is 1. The van der Waals surface area contributed by atoms with Gasteiger partial charge in [0.1, 0.15) is 5.82 Å². The predicted molar refractivity (Wildman–Crippen MR) is 116 cm³/mol. The van der Waals surface area contributed by atoms with Crippen LogP contribution in [-0.4, -0.2) is 35.0 Å². The molecule has 0 spiro atoms. The van der Waals surface area contributed by atoms with Crippen LogP contribution in [0, 0.1) is 12.7 Å². The molecule has 0 saturated carbocycles. The van der Waals surface area contributed by atoms with Gasteiger partial charge < -0.3 is 14.8 Å². The monoisotopic (exact) mass is 393 g/mol. The molecule has 1 saturated heterocycles. The average molecular weight is 394 g/mol. The van der Waals surface area contributed by atoms with Crippen molar-refractivity contribution in [1.82, 2.24) is 9.47 Å². The number of benzene rings is 2. The molecular weight excluding hydrogens is 365 g/mol. The van der Waals surface area contributed by atoms with E-state index in [0.717, 1.165) is 50.1 Å². The van der Waals surface area contributed by atoms with Crippen molar-refractivity contribution in [3.8, 4) is 0 Å². The Labute approximate surface area is 171 Å². The van der Waals surface area contributed by atoms with Crippen LogP contribution in [0.25, 0.3) is 10.9 Å². The van der Waals surface area contributed by atoms with Crippen LogP contribution in [0.5, 0.6) is 0 Å². The van der Waals surface area contributed by atoms with E-state index in [9.17, 15) is 9.18 Å². The summed E-state index contributed by atoms with van der Waals surface area (Å²) in [6.45, 7) is 6.76. The van der Waals surface area contributed by atoms with Crippen molar-refractivity contribution in [3.63, 3.8) is 0 Å². The van der Waals surface area contributed by atoms with E-state index in [-0.39, 0.29) is 11.7 Å². The van der Waals surface area contributed by atoms with Crippen molar-refractivity contribution in [1.29, 1.82) is 0 Å². The third-order valence-corrected chi connectivity index (χ3v) is 5.88. The van der Waals surface area contributed by atoms with Crippen LogP contribution in [-0.2, 0) is 11.2 Å². The summed E-state index contributed by atoms with van der Waals surface area (Å²) in [6.07, 6.45) is 3.07. The van der Waals surface area contributed by atoms with Crippen molar-refractivity contribution >= 4 is 22.5 Å². The summed E-state index contributed by atoms with van der Waals surface area (Å²) in [5.41, 5.74) is 4.35. The molecule has 1 aliphatic heterocycles. The van der Waals surface area contributed by atoms with Crippen LogP contribution >= 0.6 is 0 Å². The largest absolute Gasteiger partial charge is 0.342 e. The average Bonchev–Trinajstić information content (AvgIpc) is 3.01. The molecule has 0 atom stereocenters. The second-order valence-corrected chi connectivity index (χ2v) is 8.06. The van der Waals surface area contributed by atoms with Gasteiger partial charge in [0.25, 0.3) is 0 Å². The number of amides is 1. The maximum atomic E-state index is 13.4. The summed E-state index contributed by atoms with van der Waals surface area (Å²) < 4.78 is 15.8. The van der Waals surface area contributed by atoms with Crippen LogP contribution in [0.3, 0.4) is 0 Å². The molecule has 1 aliphatic rings. The van der Waals surface area contributed by atoms with Gasteiger partial charge in [0.05, 0.1) is 5.52 Å². The minimum atomic E-state index is -0.158. The number of nitrogens with one attached hydrogen (secondary N) is 1. The quantitative estimate of drug-likeness (QED) is 0.668. The fourth-order valence-electron chi connectivity index (χ4n) is 4.51. The second kappa shape index (κ2) is 8.37. The number of aryl methyl sites for hydroxylation is 1.